The van der Waals surface area contributed by atoms with Gasteiger partial charge in [-0.1, -0.05) is 42.1 Å². The Kier molecular flexibility index (Phi) is 6.25. The van der Waals surface area contributed by atoms with E-state index in [-0.39, 0.29) is 5.56 Å². The fourth-order valence-corrected chi connectivity index (χ4v) is 2.00. The topological polar surface area (TPSA) is 29.1 Å². The van der Waals surface area contributed by atoms with E-state index in [4.69, 9.17) is 0 Å². The molecule has 0 fully saturated rings. The second kappa shape index (κ2) is 7.46. The van der Waals surface area contributed by atoms with Crippen LogP contribution in [-0.2, 0) is 0 Å². The average molecular weight is 320 g/mol. The molecule has 0 saturated carbocycles. The van der Waals surface area contributed by atoms with Crippen LogP contribution in [0.1, 0.15) is 43.0 Å². The average Bonchev–Trinajstić information content (AvgIpc) is 2.33. The second-order valence-electron chi connectivity index (χ2n) is 4.07. The van der Waals surface area contributed by atoms with Gasteiger partial charge in [0.05, 0.1) is 5.56 Å². The van der Waals surface area contributed by atoms with Crippen molar-refractivity contribution in [3.63, 3.8) is 0 Å². The highest BCUT2D eigenvalue weighted by atomic mass is 79.9. The number of carbonyl (C=O) groups excluding carboxylic acids is 1. The maximum atomic E-state index is 13.4. The number of nitrogens with one attached hydrogen (secondary N) is 1. The highest BCUT2D eigenvalue weighted by Gasteiger charge is 2.16. The van der Waals surface area contributed by atoms with E-state index in [9.17, 15) is 13.6 Å². The van der Waals surface area contributed by atoms with E-state index < -0.39 is 17.5 Å². The Morgan fingerprint density at radius 3 is 2.67 bits per heavy atom. The van der Waals surface area contributed by atoms with Crippen molar-refractivity contribution in [2.45, 2.75) is 32.6 Å². The molecule has 0 aliphatic heterocycles. The molecule has 1 aromatic rings. The molecule has 1 N–H and O–H groups in total. The summed E-state index contributed by atoms with van der Waals surface area (Å²) < 4.78 is 26.9. The van der Waals surface area contributed by atoms with Crippen molar-refractivity contribution >= 4 is 21.8 Å². The van der Waals surface area contributed by atoms with E-state index in [1.807, 2.05) is 0 Å². The summed E-state index contributed by atoms with van der Waals surface area (Å²) >= 11 is 3.03. The van der Waals surface area contributed by atoms with Gasteiger partial charge in [-0.05, 0) is 18.6 Å². The smallest absolute Gasteiger partial charge is 0.254 e. The predicted molar refractivity (Wildman–Crippen MR) is 70.5 cm³/mol. The minimum Gasteiger partial charge on any atom is -0.352 e. The molecule has 0 heterocycles. The summed E-state index contributed by atoms with van der Waals surface area (Å²) in [6.45, 7) is 2.57. The zero-order valence-electron chi connectivity index (χ0n) is 10.2. The first-order valence-electron chi connectivity index (χ1n) is 5.99. The molecule has 0 unspecified atom stereocenters. The Morgan fingerprint density at radius 2 is 2.00 bits per heavy atom. The fraction of sp³-hybridized carbons (Fsp3) is 0.462. The van der Waals surface area contributed by atoms with Crippen molar-refractivity contribution in [2.24, 2.45) is 0 Å². The van der Waals surface area contributed by atoms with Gasteiger partial charge in [0.2, 0.25) is 0 Å². The fourth-order valence-electron chi connectivity index (χ4n) is 1.57. The molecule has 0 bridgehead atoms. The van der Waals surface area contributed by atoms with Gasteiger partial charge in [-0.3, -0.25) is 4.79 Å². The van der Waals surface area contributed by atoms with E-state index in [2.05, 4.69) is 28.2 Å². The van der Waals surface area contributed by atoms with E-state index >= 15 is 0 Å². The third kappa shape index (κ3) is 4.37. The molecule has 0 spiro atoms. The molecule has 0 saturated heterocycles. The first-order valence-corrected chi connectivity index (χ1v) is 6.78. The number of hydrogen-bond acceptors (Lipinski definition) is 1. The molecule has 0 aliphatic rings. The number of benzene rings is 1. The van der Waals surface area contributed by atoms with Crippen molar-refractivity contribution in [1.29, 1.82) is 0 Å². The van der Waals surface area contributed by atoms with Crippen molar-refractivity contribution in [2.75, 3.05) is 6.54 Å². The number of halogens is 3. The van der Waals surface area contributed by atoms with Gasteiger partial charge < -0.3 is 5.32 Å². The van der Waals surface area contributed by atoms with Crippen molar-refractivity contribution in [3.8, 4) is 0 Å². The predicted octanol–water partition coefficient (Wildman–Crippen LogP) is 4.04. The number of amides is 1. The van der Waals surface area contributed by atoms with Crippen LogP contribution in [0.4, 0.5) is 8.78 Å². The summed E-state index contributed by atoms with van der Waals surface area (Å²) in [6, 6.07) is 2.27. The minimum atomic E-state index is -1.11. The number of unbranched alkanes of at least 4 members (excludes halogenated alkanes) is 3. The van der Waals surface area contributed by atoms with Crippen LogP contribution in [0.5, 0.6) is 0 Å². The van der Waals surface area contributed by atoms with Crippen molar-refractivity contribution < 1.29 is 13.6 Å². The zero-order chi connectivity index (χ0) is 13.5. The van der Waals surface area contributed by atoms with E-state index in [1.54, 1.807) is 0 Å². The Morgan fingerprint density at radius 1 is 1.28 bits per heavy atom. The summed E-state index contributed by atoms with van der Waals surface area (Å²) in [7, 11) is 0. The largest absolute Gasteiger partial charge is 0.352 e. The van der Waals surface area contributed by atoms with Crippen LogP contribution in [0.3, 0.4) is 0 Å². The minimum absolute atomic E-state index is 0.266. The lowest BCUT2D eigenvalue weighted by Gasteiger charge is -2.07. The molecule has 5 heteroatoms. The molecule has 1 amide bonds. The van der Waals surface area contributed by atoms with Gasteiger partial charge in [0.25, 0.3) is 5.91 Å². The van der Waals surface area contributed by atoms with Crippen LogP contribution in [-0.4, -0.2) is 12.5 Å². The standard InChI is InChI=1S/C13H16BrF2NO/c1-2-3-4-5-6-17-13(18)10-7-9(14)8-11(15)12(10)16/h7-8H,2-6H2,1H3,(H,17,18). The van der Waals surface area contributed by atoms with Crippen molar-refractivity contribution in [3.05, 3.63) is 33.8 Å². The lowest BCUT2D eigenvalue weighted by Crippen LogP contribution is -2.25. The molecule has 100 valence electrons. The summed E-state index contributed by atoms with van der Waals surface area (Å²) in [5.41, 5.74) is -0.266. The molecular formula is C13H16BrF2NO. The molecule has 0 aliphatic carbocycles. The molecule has 0 atom stereocenters. The van der Waals surface area contributed by atoms with Gasteiger partial charge in [0, 0.05) is 11.0 Å². The van der Waals surface area contributed by atoms with Crippen LogP contribution in [0.15, 0.2) is 16.6 Å². The SMILES string of the molecule is CCCCCCNC(=O)c1cc(Br)cc(F)c1F. The number of carbonyl (C=O) groups is 1. The molecule has 1 rings (SSSR count). The van der Waals surface area contributed by atoms with E-state index in [1.165, 1.54) is 6.07 Å². The molecular weight excluding hydrogens is 304 g/mol. The summed E-state index contributed by atoms with van der Waals surface area (Å²) in [4.78, 5) is 11.7. The molecule has 0 aromatic heterocycles. The Balaban J connectivity index is 2.56. The zero-order valence-corrected chi connectivity index (χ0v) is 11.8. The lowest BCUT2D eigenvalue weighted by atomic mass is 10.1. The number of hydrogen-bond donors (Lipinski definition) is 1. The lowest BCUT2D eigenvalue weighted by molar-refractivity contribution is 0.0948. The molecule has 1 aromatic carbocycles. The first-order chi connectivity index (χ1) is 8.56. The summed E-state index contributed by atoms with van der Waals surface area (Å²) in [5, 5.41) is 2.59. The summed E-state index contributed by atoms with van der Waals surface area (Å²) in [5.74, 6) is -2.71. The van der Waals surface area contributed by atoms with Crippen LogP contribution >= 0.6 is 15.9 Å². The maximum Gasteiger partial charge on any atom is 0.254 e. The maximum absolute atomic E-state index is 13.4. The number of rotatable bonds is 6. The third-order valence-electron chi connectivity index (χ3n) is 2.55. The Hall–Kier alpha value is -0.970. The Bertz CT molecular complexity index is 424. The third-order valence-corrected chi connectivity index (χ3v) is 3.01. The highest BCUT2D eigenvalue weighted by molar-refractivity contribution is 9.10. The summed E-state index contributed by atoms with van der Waals surface area (Å²) in [6.07, 6.45) is 4.08. The van der Waals surface area contributed by atoms with Gasteiger partial charge in [-0.25, -0.2) is 8.78 Å². The highest BCUT2D eigenvalue weighted by Crippen LogP contribution is 2.19. The monoisotopic (exact) mass is 319 g/mol. The van der Waals surface area contributed by atoms with Gasteiger partial charge in [-0.2, -0.15) is 0 Å². The van der Waals surface area contributed by atoms with Crippen molar-refractivity contribution in [1.82, 2.24) is 5.32 Å². The van der Waals surface area contributed by atoms with E-state index in [0.717, 1.165) is 31.7 Å². The quantitative estimate of drug-likeness (QED) is 0.622. The molecule has 0 radical (unpaired) electrons. The Labute approximate surface area is 114 Å². The molecule has 18 heavy (non-hydrogen) atoms. The van der Waals surface area contributed by atoms with Crippen LogP contribution in [0, 0.1) is 11.6 Å². The van der Waals surface area contributed by atoms with Crippen LogP contribution in [0.25, 0.3) is 0 Å². The second-order valence-corrected chi connectivity index (χ2v) is 4.98. The molecule has 2 nitrogen and oxygen atoms in total. The van der Waals surface area contributed by atoms with Gasteiger partial charge in [-0.15, -0.1) is 0 Å². The van der Waals surface area contributed by atoms with Gasteiger partial charge in [0.15, 0.2) is 11.6 Å². The van der Waals surface area contributed by atoms with Gasteiger partial charge >= 0.3 is 0 Å². The first kappa shape index (κ1) is 15.1. The van der Waals surface area contributed by atoms with Crippen LogP contribution < -0.4 is 5.32 Å². The van der Waals surface area contributed by atoms with E-state index in [0.29, 0.717) is 11.0 Å². The van der Waals surface area contributed by atoms with Crippen LogP contribution in [0.2, 0.25) is 0 Å². The van der Waals surface area contributed by atoms with Gasteiger partial charge in [0.1, 0.15) is 0 Å². The normalized spacial score (nSPS) is 10.4.